The highest BCUT2D eigenvalue weighted by Gasteiger charge is 2.72. The predicted molar refractivity (Wildman–Crippen MR) is 183 cm³/mol. The smallest absolute Gasteiger partial charge is 0.303 e. The van der Waals surface area contributed by atoms with E-state index in [0.29, 0.717) is 17.8 Å². The zero-order valence-corrected chi connectivity index (χ0v) is 30.2. The highest BCUT2D eigenvalue weighted by Crippen LogP contribution is 2.77. The molecule has 5 aliphatic carbocycles. The molecule has 10 atom stereocenters. The van der Waals surface area contributed by atoms with Crippen molar-refractivity contribution >= 4 is 17.7 Å². The number of hydrogen-bond donors (Lipinski definition) is 3. The van der Waals surface area contributed by atoms with Gasteiger partial charge in [0.25, 0.3) is 0 Å². The van der Waals surface area contributed by atoms with Crippen LogP contribution in [0.4, 0.5) is 0 Å². The summed E-state index contributed by atoms with van der Waals surface area (Å²) in [6.07, 6.45) is 18.9. The molecular weight excluding hydrogens is 574 g/mol. The molecular formula is C40H67NO5. The summed E-state index contributed by atoms with van der Waals surface area (Å²) in [6, 6.07) is 0. The van der Waals surface area contributed by atoms with Crippen LogP contribution in [-0.4, -0.2) is 40.5 Å². The van der Waals surface area contributed by atoms with Crippen LogP contribution in [-0.2, 0) is 14.4 Å². The van der Waals surface area contributed by atoms with Gasteiger partial charge in [-0.15, -0.1) is 0 Å². The number of carbonyl (C=O) groups is 3. The van der Waals surface area contributed by atoms with E-state index in [2.05, 4.69) is 39.9 Å². The molecule has 6 nitrogen and oxygen atoms in total. The number of carbonyl (C=O) groups excluding carboxylic acids is 2. The molecule has 5 aliphatic rings. The van der Waals surface area contributed by atoms with Crippen molar-refractivity contribution in [2.45, 2.75) is 170 Å². The Morgan fingerprint density at radius 3 is 2.00 bits per heavy atom. The molecule has 0 aromatic rings. The van der Waals surface area contributed by atoms with Crippen molar-refractivity contribution in [2.75, 3.05) is 6.54 Å². The van der Waals surface area contributed by atoms with Crippen LogP contribution in [0.15, 0.2) is 0 Å². The van der Waals surface area contributed by atoms with Gasteiger partial charge in [-0.25, -0.2) is 0 Å². The topological polar surface area (TPSA) is 104 Å². The molecule has 262 valence electrons. The number of Topliss-reactive ketones (excluding diaryl/α,β-unsaturated/α-hetero) is 1. The summed E-state index contributed by atoms with van der Waals surface area (Å²) in [5, 5.41) is 23.2. The van der Waals surface area contributed by atoms with Gasteiger partial charge in [-0.2, -0.15) is 0 Å². The first-order valence-electron chi connectivity index (χ1n) is 19.3. The molecule has 6 heteroatoms. The Hall–Kier alpha value is -1.43. The van der Waals surface area contributed by atoms with E-state index in [-0.39, 0.29) is 57.7 Å². The van der Waals surface area contributed by atoms with Crippen LogP contribution in [0.25, 0.3) is 0 Å². The molecule has 46 heavy (non-hydrogen) atoms. The Labute approximate surface area is 280 Å². The second-order valence-electron chi connectivity index (χ2n) is 18.2. The van der Waals surface area contributed by atoms with Crippen molar-refractivity contribution in [3.8, 4) is 0 Å². The van der Waals surface area contributed by atoms with E-state index in [4.69, 9.17) is 5.11 Å². The normalized spacial score (nSPS) is 42.7. The van der Waals surface area contributed by atoms with E-state index < -0.39 is 11.4 Å². The van der Waals surface area contributed by atoms with Crippen LogP contribution >= 0.6 is 0 Å². The first-order chi connectivity index (χ1) is 21.6. The minimum absolute atomic E-state index is 0.00158. The predicted octanol–water partition coefficient (Wildman–Crippen LogP) is 8.73. The quantitative estimate of drug-likeness (QED) is 0.175. The third-order valence-electron chi connectivity index (χ3n) is 16.0. The van der Waals surface area contributed by atoms with Crippen LogP contribution in [0.3, 0.4) is 0 Å². The number of aliphatic carboxylic acids is 1. The summed E-state index contributed by atoms with van der Waals surface area (Å²) in [5.74, 6) is 1.53. The number of unbranched alkanes of at least 4 members (excludes halogenated alkanes) is 7. The van der Waals surface area contributed by atoms with Crippen molar-refractivity contribution in [1.29, 1.82) is 0 Å². The minimum Gasteiger partial charge on any atom is -0.481 e. The molecule has 5 fully saturated rings. The molecule has 5 rings (SSSR count). The molecule has 5 saturated carbocycles. The Morgan fingerprint density at radius 1 is 0.696 bits per heavy atom. The second kappa shape index (κ2) is 13.5. The van der Waals surface area contributed by atoms with Crippen molar-refractivity contribution in [3.63, 3.8) is 0 Å². The number of carboxylic acid groups (broad SMARTS) is 1. The molecule has 0 bridgehead atoms. The largest absolute Gasteiger partial charge is 0.481 e. The Bertz CT molecular complexity index is 1130. The monoisotopic (exact) mass is 642 g/mol. The van der Waals surface area contributed by atoms with Crippen LogP contribution < -0.4 is 5.32 Å². The standard InChI is InChI=1S/C40H67NO5/c1-27(42)28-18-23-40(35(46)41-26-14-12-10-8-7-9-11-13-15-33(44)45)25-24-38(5)29(34(28)40)16-17-31-37(4)21-20-32(43)36(2,3)30(37)19-22-39(31,38)6/h28-32,34,43H,7-26H2,1-6H3,(H,41,46)(H,44,45)/t28-,29?,30?,31?,32?,34?,37-,38+,39+,40-/m0/s1. The van der Waals surface area contributed by atoms with Gasteiger partial charge < -0.3 is 15.5 Å². The van der Waals surface area contributed by atoms with Crippen LogP contribution in [0.5, 0.6) is 0 Å². The number of carboxylic acids is 1. The fourth-order valence-corrected chi connectivity index (χ4v) is 13.3. The lowest BCUT2D eigenvalue weighted by atomic mass is 9.32. The molecule has 0 saturated heterocycles. The van der Waals surface area contributed by atoms with Crippen LogP contribution in [0.2, 0.25) is 0 Å². The Kier molecular flexibility index (Phi) is 10.5. The third kappa shape index (κ3) is 5.91. The van der Waals surface area contributed by atoms with Gasteiger partial charge in [0, 0.05) is 18.9 Å². The van der Waals surface area contributed by atoms with Crippen molar-refractivity contribution < 1.29 is 24.6 Å². The van der Waals surface area contributed by atoms with Gasteiger partial charge in [0.2, 0.25) is 5.91 Å². The number of amides is 1. The maximum absolute atomic E-state index is 14.2. The Balaban J connectivity index is 1.24. The SMILES string of the molecule is CC(=O)[C@@H]1CC[C@]2(C(=O)NCCCCCCCCCCC(=O)O)CC[C@]3(C)C(CCC4[C@@]5(C)CCC(O)C(C)(C)C5CC[C@]43C)C12. The van der Waals surface area contributed by atoms with Gasteiger partial charge in [-0.05, 0) is 129 Å². The van der Waals surface area contributed by atoms with Gasteiger partial charge >= 0.3 is 5.97 Å². The first kappa shape index (κ1) is 35.9. The van der Waals surface area contributed by atoms with Crippen molar-refractivity contribution in [1.82, 2.24) is 5.32 Å². The van der Waals surface area contributed by atoms with Crippen molar-refractivity contribution in [2.24, 2.45) is 56.7 Å². The number of hydrogen-bond acceptors (Lipinski definition) is 4. The van der Waals surface area contributed by atoms with Gasteiger partial charge in [0.1, 0.15) is 5.78 Å². The van der Waals surface area contributed by atoms with E-state index in [1.165, 1.54) is 25.7 Å². The first-order valence-corrected chi connectivity index (χ1v) is 19.3. The van der Waals surface area contributed by atoms with E-state index >= 15 is 0 Å². The van der Waals surface area contributed by atoms with Crippen LogP contribution in [0, 0.1) is 56.7 Å². The Morgan fingerprint density at radius 2 is 1.35 bits per heavy atom. The summed E-state index contributed by atoms with van der Waals surface area (Å²) in [6.45, 7) is 14.9. The van der Waals surface area contributed by atoms with Gasteiger partial charge in [-0.1, -0.05) is 73.1 Å². The van der Waals surface area contributed by atoms with Crippen LogP contribution in [0.1, 0.15) is 164 Å². The number of ketones is 1. The van der Waals surface area contributed by atoms with Gasteiger partial charge in [0.15, 0.2) is 0 Å². The summed E-state index contributed by atoms with van der Waals surface area (Å²) in [7, 11) is 0. The summed E-state index contributed by atoms with van der Waals surface area (Å²) >= 11 is 0. The summed E-state index contributed by atoms with van der Waals surface area (Å²) in [4.78, 5) is 38.1. The molecule has 0 heterocycles. The molecule has 5 unspecified atom stereocenters. The molecule has 0 aliphatic heterocycles. The fourth-order valence-electron chi connectivity index (χ4n) is 13.3. The lowest BCUT2D eigenvalue weighted by Gasteiger charge is -2.72. The highest BCUT2D eigenvalue weighted by atomic mass is 16.4. The maximum Gasteiger partial charge on any atom is 0.303 e. The van der Waals surface area contributed by atoms with E-state index in [1.807, 2.05) is 0 Å². The fraction of sp³-hybridized carbons (Fsp3) is 0.925. The molecule has 0 spiro atoms. The van der Waals surface area contributed by atoms with Crippen molar-refractivity contribution in [3.05, 3.63) is 0 Å². The average Bonchev–Trinajstić information content (AvgIpc) is 3.39. The number of aliphatic hydroxyl groups is 1. The third-order valence-corrected chi connectivity index (χ3v) is 16.0. The van der Waals surface area contributed by atoms with Gasteiger partial charge in [0.05, 0.1) is 11.5 Å². The molecule has 0 radical (unpaired) electrons. The average molecular weight is 642 g/mol. The number of fused-ring (bicyclic) bond motifs is 7. The number of nitrogens with one attached hydrogen (secondary N) is 1. The van der Waals surface area contributed by atoms with E-state index in [1.54, 1.807) is 6.92 Å². The highest BCUT2D eigenvalue weighted by molar-refractivity contribution is 5.87. The van der Waals surface area contributed by atoms with E-state index in [9.17, 15) is 19.5 Å². The summed E-state index contributed by atoms with van der Waals surface area (Å²) in [5.41, 5.74) is 0.0658. The molecule has 0 aromatic carbocycles. The maximum atomic E-state index is 14.2. The minimum atomic E-state index is -0.700. The number of aliphatic hydroxyl groups excluding tert-OH is 1. The van der Waals surface area contributed by atoms with E-state index in [0.717, 1.165) is 96.4 Å². The lowest BCUT2D eigenvalue weighted by molar-refractivity contribution is -0.246. The zero-order valence-electron chi connectivity index (χ0n) is 30.2. The number of rotatable bonds is 13. The lowest BCUT2D eigenvalue weighted by Crippen LogP contribution is -2.67. The summed E-state index contributed by atoms with van der Waals surface area (Å²) < 4.78 is 0. The molecule has 1 amide bonds. The molecule has 0 aromatic heterocycles. The zero-order chi connectivity index (χ0) is 33.5. The molecule has 3 N–H and O–H groups in total. The van der Waals surface area contributed by atoms with Gasteiger partial charge in [-0.3, -0.25) is 14.4 Å². The second-order valence-corrected chi connectivity index (χ2v) is 18.2.